The molecule has 5 heteroatoms. The molecule has 0 fully saturated rings. The molecule has 0 saturated heterocycles. The van der Waals surface area contributed by atoms with Crippen LogP contribution in [0, 0.1) is 5.82 Å². The Morgan fingerprint density at radius 3 is 2.71 bits per heavy atom. The zero-order valence-electron chi connectivity index (χ0n) is 11.3. The predicted octanol–water partition coefficient (Wildman–Crippen LogP) is 3.76. The van der Waals surface area contributed by atoms with Gasteiger partial charge in [0.2, 0.25) is 5.88 Å². The second-order valence-electron chi connectivity index (χ2n) is 4.50. The maximum absolute atomic E-state index is 13.8. The first-order valence-corrected chi connectivity index (χ1v) is 6.33. The summed E-state index contributed by atoms with van der Waals surface area (Å²) in [5, 5.41) is 1.67. The number of pyridine rings is 1. The highest BCUT2D eigenvalue weighted by Gasteiger charge is 2.09. The zero-order valence-corrected chi connectivity index (χ0v) is 11.3. The maximum Gasteiger partial charge on any atom is 0.227 e. The van der Waals surface area contributed by atoms with Crippen LogP contribution in [0.25, 0.3) is 10.8 Å². The van der Waals surface area contributed by atoms with Crippen molar-refractivity contribution in [2.75, 3.05) is 12.8 Å². The number of benzene rings is 2. The van der Waals surface area contributed by atoms with E-state index in [-0.39, 0.29) is 5.75 Å². The largest absolute Gasteiger partial charge is 0.497 e. The lowest BCUT2D eigenvalue weighted by atomic mass is 10.1. The summed E-state index contributed by atoms with van der Waals surface area (Å²) in [6.07, 6.45) is 1.60. The fourth-order valence-electron chi connectivity index (χ4n) is 2.04. The van der Waals surface area contributed by atoms with E-state index in [0.717, 1.165) is 16.5 Å². The molecule has 106 valence electrons. The minimum atomic E-state index is -0.526. The summed E-state index contributed by atoms with van der Waals surface area (Å²) >= 11 is 0. The molecule has 0 aliphatic carbocycles. The average molecular weight is 284 g/mol. The highest BCUT2D eigenvalue weighted by atomic mass is 19.1. The molecular formula is C16H13FN2O2. The number of anilines is 1. The third kappa shape index (κ3) is 2.58. The van der Waals surface area contributed by atoms with Crippen molar-refractivity contribution in [1.82, 2.24) is 4.98 Å². The molecule has 3 rings (SSSR count). The maximum atomic E-state index is 13.8. The van der Waals surface area contributed by atoms with Crippen LogP contribution in [0.5, 0.6) is 17.4 Å². The van der Waals surface area contributed by atoms with Crippen molar-refractivity contribution in [3.05, 3.63) is 54.5 Å². The van der Waals surface area contributed by atoms with Gasteiger partial charge in [0.1, 0.15) is 5.75 Å². The lowest BCUT2D eigenvalue weighted by molar-refractivity contribution is 0.415. The summed E-state index contributed by atoms with van der Waals surface area (Å²) in [6.45, 7) is 0. The first kappa shape index (κ1) is 13.2. The molecular weight excluding hydrogens is 271 g/mol. The molecule has 1 heterocycles. The molecule has 0 amide bonds. The van der Waals surface area contributed by atoms with Gasteiger partial charge < -0.3 is 15.2 Å². The number of aromatic nitrogens is 1. The predicted molar refractivity (Wildman–Crippen MR) is 79.2 cm³/mol. The average Bonchev–Trinajstić information content (AvgIpc) is 2.49. The van der Waals surface area contributed by atoms with Crippen LogP contribution in [0.15, 0.2) is 48.7 Å². The molecule has 0 spiro atoms. The number of nitrogens with zero attached hydrogens (tertiary/aromatic N) is 1. The Hall–Kier alpha value is -2.82. The number of nitrogens with two attached hydrogens (primary N) is 1. The lowest BCUT2D eigenvalue weighted by Gasteiger charge is -2.09. The normalized spacial score (nSPS) is 10.6. The SMILES string of the molecule is COc1ccc2c(Oc3ccc(N)cc3F)nccc2c1. The van der Waals surface area contributed by atoms with E-state index in [9.17, 15) is 4.39 Å². The highest BCUT2D eigenvalue weighted by Crippen LogP contribution is 2.31. The molecule has 0 saturated carbocycles. The molecule has 3 aromatic rings. The zero-order chi connectivity index (χ0) is 14.8. The Balaban J connectivity index is 2.04. The van der Waals surface area contributed by atoms with Gasteiger partial charge in [-0.3, -0.25) is 0 Å². The van der Waals surface area contributed by atoms with Crippen LogP contribution in [0.2, 0.25) is 0 Å². The van der Waals surface area contributed by atoms with Crippen LogP contribution in [0.1, 0.15) is 0 Å². The molecule has 0 aliphatic heterocycles. The Labute approximate surface area is 120 Å². The van der Waals surface area contributed by atoms with Gasteiger partial charge in [-0.25, -0.2) is 9.37 Å². The molecule has 4 nitrogen and oxygen atoms in total. The molecule has 0 radical (unpaired) electrons. The first-order chi connectivity index (χ1) is 10.2. The summed E-state index contributed by atoms with van der Waals surface area (Å²) in [5.41, 5.74) is 5.86. The Morgan fingerprint density at radius 1 is 1.10 bits per heavy atom. The van der Waals surface area contributed by atoms with Crippen LogP contribution in [0.3, 0.4) is 0 Å². The van der Waals surface area contributed by atoms with E-state index in [0.29, 0.717) is 11.6 Å². The minimum Gasteiger partial charge on any atom is -0.497 e. The van der Waals surface area contributed by atoms with Gasteiger partial charge in [0.05, 0.1) is 7.11 Å². The van der Waals surface area contributed by atoms with Crippen molar-refractivity contribution >= 4 is 16.5 Å². The fourth-order valence-corrected chi connectivity index (χ4v) is 2.04. The summed E-state index contributed by atoms with van der Waals surface area (Å²) in [5.74, 6) is 0.625. The highest BCUT2D eigenvalue weighted by molar-refractivity contribution is 5.88. The number of hydrogen-bond acceptors (Lipinski definition) is 4. The summed E-state index contributed by atoms with van der Waals surface area (Å²) in [4.78, 5) is 4.16. The second-order valence-corrected chi connectivity index (χ2v) is 4.50. The topological polar surface area (TPSA) is 57.4 Å². The van der Waals surface area contributed by atoms with Crippen LogP contribution >= 0.6 is 0 Å². The molecule has 0 bridgehead atoms. The molecule has 2 N–H and O–H groups in total. The van der Waals surface area contributed by atoms with Crippen LogP contribution in [-0.2, 0) is 0 Å². The van der Waals surface area contributed by atoms with Gasteiger partial charge in [0, 0.05) is 23.3 Å². The molecule has 0 aliphatic rings. The number of rotatable bonds is 3. The van der Waals surface area contributed by atoms with Gasteiger partial charge in [-0.2, -0.15) is 0 Å². The molecule has 21 heavy (non-hydrogen) atoms. The van der Waals surface area contributed by atoms with E-state index in [4.69, 9.17) is 15.2 Å². The number of halogens is 1. The number of fused-ring (bicyclic) bond motifs is 1. The number of ether oxygens (including phenoxy) is 2. The van der Waals surface area contributed by atoms with Crippen LogP contribution in [-0.4, -0.2) is 12.1 Å². The van der Waals surface area contributed by atoms with Crippen molar-refractivity contribution in [3.63, 3.8) is 0 Å². The van der Waals surface area contributed by atoms with Gasteiger partial charge in [0.15, 0.2) is 11.6 Å². The summed E-state index contributed by atoms with van der Waals surface area (Å²) < 4.78 is 24.5. The smallest absolute Gasteiger partial charge is 0.227 e. The first-order valence-electron chi connectivity index (χ1n) is 6.33. The van der Waals surface area contributed by atoms with Crippen LogP contribution in [0.4, 0.5) is 10.1 Å². The van der Waals surface area contributed by atoms with Crippen LogP contribution < -0.4 is 15.2 Å². The van der Waals surface area contributed by atoms with E-state index in [1.54, 1.807) is 25.4 Å². The van der Waals surface area contributed by atoms with E-state index in [1.807, 2.05) is 18.2 Å². The van der Waals surface area contributed by atoms with Crippen molar-refractivity contribution in [3.8, 4) is 17.4 Å². The number of hydrogen-bond donors (Lipinski definition) is 1. The Morgan fingerprint density at radius 2 is 1.95 bits per heavy atom. The van der Waals surface area contributed by atoms with Crippen molar-refractivity contribution in [2.24, 2.45) is 0 Å². The quantitative estimate of drug-likeness (QED) is 0.744. The standard InChI is InChI=1S/C16H13FN2O2/c1-20-12-3-4-13-10(8-12)6-7-19-16(13)21-15-5-2-11(18)9-14(15)17/h2-9H,18H2,1H3. The number of nitrogen functional groups attached to an aromatic ring is 1. The van der Waals surface area contributed by atoms with Crippen molar-refractivity contribution in [1.29, 1.82) is 0 Å². The monoisotopic (exact) mass is 284 g/mol. The summed E-state index contributed by atoms with van der Waals surface area (Å²) in [6, 6.07) is 11.6. The summed E-state index contributed by atoms with van der Waals surface area (Å²) in [7, 11) is 1.60. The van der Waals surface area contributed by atoms with Gasteiger partial charge in [-0.1, -0.05) is 0 Å². The molecule has 2 aromatic carbocycles. The Bertz CT molecular complexity index is 805. The van der Waals surface area contributed by atoms with Gasteiger partial charge in [0.25, 0.3) is 0 Å². The van der Waals surface area contributed by atoms with Crippen molar-refractivity contribution < 1.29 is 13.9 Å². The number of methoxy groups -OCH3 is 1. The van der Waals surface area contributed by atoms with Gasteiger partial charge >= 0.3 is 0 Å². The minimum absolute atomic E-state index is 0.0834. The third-order valence-corrected chi connectivity index (χ3v) is 3.10. The molecule has 0 unspecified atom stereocenters. The van der Waals surface area contributed by atoms with E-state index < -0.39 is 5.82 Å². The van der Waals surface area contributed by atoms with E-state index in [1.165, 1.54) is 12.1 Å². The Kier molecular flexibility index (Phi) is 3.31. The van der Waals surface area contributed by atoms with Gasteiger partial charge in [-0.15, -0.1) is 0 Å². The third-order valence-electron chi connectivity index (χ3n) is 3.10. The second kappa shape index (κ2) is 5.28. The van der Waals surface area contributed by atoms with E-state index in [2.05, 4.69) is 4.98 Å². The van der Waals surface area contributed by atoms with Crippen molar-refractivity contribution in [2.45, 2.75) is 0 Å². The van der Waals surface area contributed by atoms with Gasteiger partial charge in [-0.05, 0) is 41.8 Å². The van der Waals surface area contributed by atoms with E-state index >= 15 is 0 Å². The lowest BCUT2D eigenvalue weighted by Crippen LogP contribution is -1.94. The fraction of sp³-hybridized carbons (Fsp3) is 0.0625. The molecule has 0 atom stereocenters. The molecule has 1 aromatic heterocycles.